The van der Waals surface area contributed by atoms with Gasteiger partial charge in [0, 0.05) is 20.3 Å². The number of hydrogen-bond acceptors (Lipinski definition) is 6. The summed E-state index contributed by atoms with van der Waals surface area (Å²) in [5.41, 5.74) is 0.532. The van der Waals surface area contributed by atoms with Crippen LogP contribution in [0.3, 0.4) is 0 Å². The molecule has 8 heteroatoms. The van der Waals surface area contributed by atoms with Crippen molar-refractivity contribution in [3.63, 3.8) is 0 Å². The van der Waals surface area contributed by atoms with Crippen LogP contribution in [-0.4, -0.2) is 41.8 Å². The number of carbonyl (C=O) groups excluding carboxylic acids is 1. The van der Waals surface area contributed by atoms with Gasteiger partial charge in [-0.3, -0.25) is 0 Å². The van der Waals surface area contributed by atoms with E-state index in [1.54, 1.807) is 19.4 Å². The Balaban J connectivity index is 2.94. The maximum atomic E-state index is 12.2. The lowest BCUT2D eigenvalue weighted by atomic mass is 10.3. The maximum absolute atomic E-state index is 12.2. The molecule has 1 aromatic rings. The molecule has 1 N–H and O–H groups in total. The Labute approximate surface area is 116 Å². The van der Waals surface area contributed by atoms with E-state index in [2.05, 4.69) is 9.46 Å². The number of thiophene rings is 1. The molecule has 0 aromatic carbocycles. The summed E-state index contributed by atoms with van der Waals surface area (Å²) in [6.45, 7) is 2.37. The third kappa shape index (κ3) is 4.00. The van der Waals surface area contributed by atoms with Gasteiger partial charge in [-0.15, -0.1) is 11.3 Å². The number of carbonyl (C=O) groups is 1. The highest BCUT2D eigenvalue weighted by atomic mass is 32.2. The molecule has 0 fully saturated rings. The molecule has 0 bridgehead atoms. The minimum atomic E-state index is -3.71. The lowest BCUT2D eigenvalue weighted by Crippen LogP contribution is -2.27. The van der Waals surface area contributed by atoms with Crippen LogP contribution in [0, 0.1) is 6.92 Å². The topological polar surface area (TPSA) is 81.7 Å². The first kappa shape index (κ1) is 16.1. The average Bonchev–Trinajstić information content (AvgIpc) is 2.76. The van der Waals surface area contributed by atoms with Crippen molar-refractivity contribution in [3.05, 3.63) is 15.8 Å². The Kier molecular flexibility index (Phi) is 5.92. The number of ether oxygens (including phenoxy) is 2. The molecule has 0 atom stereocenters. The Bertz CT molecular complexity index is 535. The molecule has 1 aromatic heterocycles. The van der Waals surface area contributed by atoms with Crippen LogP contribution in [0.2, 0.25) is 0 Å². The summed E-state index contributed by atoms with van der Waals surface area (Å²) in [4.78, 5) is 11.6. The highest BCUT2D eigenvalue weighted by Gasteiger charge is 2.26. The highest BCUT2D eigenvalue weighted by Crippen LogP contribution is 2.27. The van der Waals surface area contributed by atoms with Crippen molar-refractivity contribution in [3.8, 4) is 0 Å². The number of rotatable bonds is 7. The van der Waals surface area contributed by atoms with Gasteiger partial charge in [-0.25, -0.2) is 17.9 Å². The van der Waals surface area contributed by atoms with Crippen LogP contribution in [0.15, 0.2) is 10.3 Å². The summed E-state index contributed by atoms with van der Waals surface area (Å²) in [5, 5.41) is 1.62. The molecular formula is C11H17NO5S2. The van der Waals surface area contributed by atoms with Gasteiger partial charge in [-0.2, -0.15) is 0 Å². The maximum Gasteiger partial charge on any atom is 0.349 e. The van der Waals surface area contributed by atoms with Crippen molar-refractivity contribution >= 4 is 27.3 Å². The van der Waals surface area contributed by atoms with Crippen LogP contribution in [0.25, 0.3) is 0 Å². The summed E-state index contributed by atoms with van der Waals surface area (Å²) in [7, 11) is -0.939. The Morgan fingerprint density at radius 3 is 2.68 bits per heavy atom. The molecule has 0 aliphatic rings. The third-order valence-electron chi connectivity index (χ3n) is 2.37. The molecule has 6 nitrogen and oxygen atoms in total. The van der Waals surface area contributed by atoms with Gasteiger partial charge < -0.3 is 9.47 Å². The zero-order valence-corrected chi connectivity index (χ0v) is 12.7. The molecule has 0 saturated heterocycles. The van der Waals surface area contributed by atoms with Gasteiger partial charge in [0.2, 0.25) is 10.0 Å². The molecule has 0 saturated carbocycles. The predicted molar refractivity (Wildman–Crippen MR) is 72.1 cm³/mol. The standard InChI is InChI=1S/C11H17NO5S2/c1-8-7-18-9(11(13)17-3)10(8)19(14,15)12-5-4-6-16-2/h7,12H,4-6H2,1-3H3. The second-order valence-electron chi connectivity index (χ2n) is 3.81. The first-order valence-corrected chi connectivity index (χ1v) is 7.95. The first-order valence-electron chi connectivity index (χ1n) is 5.59. The van der Waals surface area contributed by atoms with Crippen molar-refractivity contribution < 1.29 is 22.7 Å². The van der Waals surface area contributed by atoms with Crippen LogP contribution in [0.5, 0.6) is 0 Å². The Hall–Kier alpha value is -0.960. The first-order chi connectivity index (χ1) is 8.94. The number of esters is 1. The van der Waals surface area contributed by atoms with Crippen LogP contribution in [0.4, 0.5) is 0 Å². The van der Waals surface area contributed by atoms with Crippen molar-refractivity contribution in [1.29, 1.82) is 0 Å². The summed E-state index contributed by atoms with van der Waals surface area (Å²) in [6.07, 6.45) is 0.562. The lowest BCUT2D eigenvalue weighted by Gasteiger charge is -2.08. The molecule has 0 spiro atoms. The minimum absolute atomic E-state index is 0.00164. The van der Waals surface area contributed by atoms with E-state index in [-0.39, 0.29) is 16.3 Å². The molecule has 1 rings (SSSR count). The zero-order valence-electron chi connectivity index (χ0n) is 11.1. The minimum Gasteiger partial charge on any atom is -0.465 e. The summed E-state index contributed by atoms with van der Waals surface area (Å²) < 4.78 is 36.2. The van der Waals surface area contributed by atoms with E-state index in [0.717, 1.165) is 11.3 Å². The van der Waals surface area contributed by atoms with Crippen LogP contribution < -0.4 is 4.72 Å². The van der Waals surface area contributed by atoms with Gasteiger partial charge in [0.25, 0.3) is 0 Å². The molecule has 0 aliphatic carbocycles. The van der Waals surface area contributed by atoms with Crippen molar-refractivity contribution in [2.75, 3.05) is 27.4 Å². The van der Waals surface area contributed by atoms with Gasteiger partial charge in [-0.05, 0) is 24.3 Å². The van der Waals surface area contributed by atoms with Crippen molar-refractivity contribution in [2.24, 2.45) is 0 Å². The van der Waals surface area contributed by atoms with Crippen LogP contribution >= 0.6 is 11.3 Å². The number of nitrogens with one attached hydrogen (secondary N) is 1. The number of methoxy groups -OCH3 is 2. The summed E-state index contributed by atoms with van der Waals surface area (Å²) in [6, 6.07) is 0. The second-order valence-corrected chi connectivity index (χ2v) is 6.40. The molecule has 108 valence electrons. The Morgan fingerprint density at radius 2 is 2.11 bits per heavy atom. The van der Waals surface area contributed by atoms with Crippen LogP contribution in [-0.2, 0) is 19.5 Å². The molecule has 1 heterocycles. The van der Waals surface area contributed by atoms with Crippen molar-refractivity contribution in [1.82, 2.24) is 4.72 Å². The van der Waals surface area contributed by atoms with E-state index in [9.17, 15) is 13.2 Å². The van der Waals surface area contributed by atoms with Crippen molar-refractivity contribution in [2.45, 2.75) is 18.2 Å². The van der Waals surface area contributed by atoms with E-state index in [1.807, 2.05) is 0 Å². The van der Waals surface area contributed by atoms with Gasteiger partial charge in [0.1, 0.15) is 9.77 Å². The fraction of sp³-hybridized carbons (Fsp3) is 0.545. The SMILES string of the molecule is COCCCNS(=O)(=O)c1c(C)csc1C(=O)OC. The van der Waals surface area contributed by atoms with Gasteiger partial charge >= 0.3 is 5.97 Å². The normalized spacial score (nSPS) is 11.5. The highest BCUT2D eigenvalue weighted by molar-refractivity contribution is 7.89. The predicted octanol–water partition coefficient (Wildman–Crippen LogP) is 1.16. The fourth-order valence-electron chi connectivity index (χ4n) is 1.50. The fourth-order valence-corrected chi connectivity index (χ4v) is 4.27. The Morgan fingerprint density at radius 1 is 1.42 bits per heavy atom. The monoisotopic (exact) mass is 307 g/mol. The third-order valence-corrected chi connectivity index (χ3v) is 5.23. The molecule has 0 unspecified atom stereocenters. The quantitative estimate of drug-likeness (QED) is 0.604. The molecule has 19 heavy (non-hydrogen) atoms. The molecule has 0 amide bonds. The van der Waals surface area contributed by atoms with Crippen LogP contribution in [0.1, 0.15) is 21.7 Å². The van der Waals surface area contributed by atoms with E-state index in [0.29, 0.717) is 18.6 Å². The summed E-state index contributed by atoms with van der Waals surface area (Å²) >= 11 is 1.06. The van der Waals surface area contributed by atoms with E-state index in [1.165, 1.54) is 7.11 Å². The smallest absolute Gasteiger partial charge is 0.349 e. The molecule has 0 radical (unpaired) electrons. The largest absolute Gasteiger partial charge is 0.465 e. The molecular weight excluding hydrogens is 290 g/mol. The van der Waals surface area contributed by atoms with E-state index < -0.39 is 16.0 Å². The number of aryl methyl sites for hydroxylation is 1. The zero-order chi connectivity index (χ0) is 14.5. The number of hydrogen-bond donors (Lipinski definition) is 1. The van der Waals surface area contributed by atoms with Gasteiger partial charge in [-0.1, -0.05) is 0 Å². The van der Waals surface area contributed by atoms with Gasteiger partial charge in [0.05, 0.1) is 7.11 Å². The lowest BCUT2D eigenvalue weighted by molar-refractivity contribution is 0.0602. The second kappa shape index (κ2) is 6.99. The van der Waals surface area contributed by atoms with E-state index >= 15 is 0 Å². The van der Waals surface area contributed by atoms with Gasteiger partial charge in [0.15, 0.2) is 0 Å². The average molecular weight is 307 g/mol. The number of sulfonamides is 1. The summed E-state index contributed by atoms with van der Waals surface area (Å²) in [5.74, 6) is -0.643. The van der Waals surface area contributed by atoms with E-state index in [4.69, 9.17) is 4.74 Å². The molecule has 0 aliphatic heterocycles.